The number of sulfonamides is 1. The van der Waals surface area contributed by atoms with Crippen molar-refractivity contribution in [3.63, 3.8) is 0 Å². The number of H-pyrrole nitrogens is 1. The van der Waals surface area contributed by atoms with Crippen molar-refractivity contribution in [2.45, 2.75) is 49.0 Å². The first-order chi connectivity index (χ1) is 19.4. The molecule has 9 heteroatoms. The standard InChI is InChI=1S/C31H31N3O5S/c1-2-26(22-10-9-15-25(20-22)34-40(37,38)30-32-17-18-33-30)29-27(36)21-31(39-28(29)16-19-35,23-11-5-3-6-12-23)24-13-7-4-8-14-24/h3-15,17-20,26,28,34,36H,2,16,21H2,1H3,(H,32,33). The van der Waals surface area contributed by atoms with Gasteiger partial charge in [-0.2, -0.15) is 8.42 Å². The normalized spacial score (nSPS) is 17.8. The van der Waals surface area contributed by atoms with E-state index in [1.54, 1.807) is 18.2 Å². The van der Waals surface area contributed by atoms with E-state index in [1.807, 2.05) is 73.7 Å². The molecule has 2 unspecified atom stereocenters. The van der Waals surface area contributed by atoms with Crippen molar-refractivity contribution < 1.29 is 23.1 Å². The Morgan fingerprint density at radius 2 is 1.75 bits per heavy atom. The third-order valence-corrected chi connectivity index (χ3v) is 8.52. The van der Waals surface area contributed by atoms with Crippen LogP contribution >= 0.6 is 0 Å². The molecule has 0 saturated carbocycles. The van der Waals surface area contributed by atoms with E-state index in [1.165, 1.54) is 12.4 Å². The van der Waals surface area contributed by atoms with Gasteiger partial charge in [0.15, 0.2) is 0 Å². The molecular formula is C31H31N3O5S. The SMILES string of the molecule is CCC(C1=C(O)CC(c2ccccc2)(c2ccccc2)OC1CC=O)c1cccc(NS(=O)(=O)c2ncc[nH]2)c1. The van der Waals surface area contributed by atoms with Gasteiger partial charge in [-0.05, 0) is 35.2 Å². The Labute approximate surface area is 233 Å². The zero-order valence-electron chi connectivity index (χ0n) is 22.0. The number of hydrogen-bond donors (Lipinski definition) is 3. The molecule has 0 aliphatic carbocycles. The van der Waals surface area contributed by atoms with Crippen LogP contribution in [0.1, 0.15) is 48.8 Å². The molecule has 4 aromatic rings. The Hall–Kier alpha value is -4.21. The smallest absolute Gasteiger partial charge is 0.295 e. The van der Waals surface area contributed by atoms with Gasteiger partial charge in [-0.25, -0.2) is 4.98 Å². The summed E-state index contributed by atoms with van der Waals surface area (Å²) in [6.07, 6.45) is 3.76. The number of benzene rings is 3. The molecule has 8 nitrogen and oxygen atoms in total. The number of aldehydes is 1. The number of imidazole rings is 1. The van der Waals surface area contributed by atoms with Gasteiger partial charge in [0.2, 0.25) is 5.16 Å². The highest BCUT2D eigenvalue weighted by Gasteiger charge is 2.45. The lowest BCUT2D eigenvalue weighted by molar-refractivity contribution is -0.116. The molecule has 5 rings (SSSR count). The number of hydrogen-bond acceptors (Lipinski definition) is 6. The third kappa shape index (κ3) is 5.30. The maximum Gasteiger partial charge on any atom is 0.295 e. The van der Waals surface area contributed by atoms with Crippen LogP contribution in [0.4, 0.5) is 5.69 Å². The van der Waals surface area contributed by atoms with Crippen molar-refractivity contribution in [2.75, 3.05) is 4.72 Å². The zero-order chi connectivity index (χ0) is 28.2. The number of nitrogens with one attached hydrogen (secondary N) is 2. The molecule has 2 atom stereocenters. The summed E-state index contributed by atoms with van der Waals surface area (Å²) in [4.78, 5) is 18.4. The average molecular weight is 558 g/mol. The highest BCUT2D eigenvalue weighted by Crippen LogP contribution is 2.49. The molecule has 1 aliphatic rings. The van der Waals surface area contributed by atoms with E-state index in [9.17, 15) is 18.3 Å². The predicted molar refractivity (Wildman–Crippen MR) is 152 cm³/mol. The van der Waals surface area contributed by atoms with Gasteiger partial charge in [-0.1, -0.05) is 79.7 Å². The van der Waals surface area contributed by atoms with Crippen LogP contribution in [-0.4, -0.2) is 35.9 Å². The molecule has 0 saturated heterocycles. The van der Waals surface area contributed by atoms with E-state index < -0.39 is 21.7 Å². The first-order valence-corrected chi connectivity index (χ1v) is 14.6. The first kappa shape index (κ1) is 27.4. The molecule has 2 heterocycles. The molecule has 1 aliphatic heterocycles. The van der Waals surface area contributed by atoms with Crippen LogP contribution in [0.25, 0.3) is 0 Å². The summed E-state index contributed by atoms with van der Waals surface area (Å²) in [6, 6.07) is 26.5. The highest BCUT2D eigenvalue weighted by molar-refractivity contribution is 7.92. The fourth-order valence-corrected chi connectivity index (χ4v) is 6.49. The largest absolute Gasteiger partial charge is 0.512 e. The monoisotopic (exact) mass is 557 g/mol. The summed E-state index contributed by atoms with van der Waals surface area (Å²) in [5, 5.41) is 11.5. The lowest BCUT2D eigenvalue weighted by Crippen LogP contribution is -2.42. The number of nitrogens with zero attached hydrogens (tertiary/aromatic N) is 1. The summed E-state index contributed by atoms with van der Waals surface area (Å²) in [5.41, 5.74) is 2.55. The van der Waals surface area contributed by atoms with Gasteiger partial charge in [0, 0.05) is 42.4 Å². The summed E-state index contributed by atoms with van der Waals surface area (Å²) in [5.74, 6) is -0.151. The van der Waals surface area contributed by atoms with E-state index >= 15 is 0 Å². The van der Waals surface area contributed by atoms with Crippen molar-refractivity contribution >= 4 is 22.0 Å². The summed E-state index contributed by atoms with van der Waals surface area (Å²) >= 11 is 0. The van der Waals surface area contributed by atoms with E-state index in [0.29, 0.717) is 17.7 Å². The van der Waals surface area contributed by atoms with E-state index in [2.05, 4.69) is 14.7 Å². The predicted octanol–water partition coefficient (Wildman–Crippen LogP) is 5.84. The topological polar surface area (TPSA) is 121 Å². The first-order valence-electron chi connectivity index (χ1n) is 13.1. The third-order valence-electron chi connectivity index (χ3n) is 7.28. The fraction of sp³-hybridized carbons (Fsp3) is 0.226. The van der Waals surface area contributed by atoms with Gasteiger partial charge < -0.3 is 19.6 Å². The zero-order valence-corrected chi connectivity index (χ0v) is 22.8. The Bertz CT molecular complexity index is 1550. The molecule has 1 aromatic heterocycles. The van der Waals surface area contributed by atoms with E-state index in [4.69, 9.17) is 4.74 Å². The van der Waals surface area contributed by atoms with Crippen LogP contribution in [0.2, 0.25) is 0 Å². The minimum absolute atomic E-state index is 0.0577. The van der Waals surface area contributed by atoms with Crippen LogP contribution < -0.4 is 4.72 Å². The molecule has 3 aromatic carbocycles. The van der Waals surface area contributed by atoms with Crippen LogP contribution in [0.15, 0.2) is 114 Å². The number of aromatic amines is 1. The fourth-order valence-electron chi connectivity index (χ4n) is 5.54. The second-order valence-electron chi connectivity index (χ2n) is 9.73. The lowest BCUT2D eigenvalue weighted by atomic mass is 9.75. The Balaban J connectivity index is 1.56. The molecule has 0 radical (unpaired) electrons. The minimum atomic E-state index is -3.90. The number of aromatic nitrogens is 2. The number of rotatable bonds is 10. The maximum atomic E-state index is 12.7. The van der Waals surface area contributed by atoms with E-state index in [-0.39, 0.29) is 29.7 Å². The number of aliphatic hydroxyl groups is 1. The van der Waals surface area contributed by atoms with Gasteiger partial charge >= 0.3 is 0 Å². The number of aliphatic hydroxyl groups excluding tert-OH is 1. The Kier molecular flexibility index (Phi) is 7.86. The van der Waals surface area contributed by atoms with Crippen molar-refractivity contribution in [3.8, 4) is 0 Å². The average Bonchev–Trinajstić information content (AvgIpc) is 3.52. The van der Waals surface area contributed by atoms with Crippen molar-refractivity contribution in [1.29, 1.82) is 0 Å². The summed E-state index contributed by atoms with van der Waals surface area (Å²) in [7, 11) is -3.90. The lowest BCUT2D eigenvalue weighted by Gasteiger charge is -2.44. The molecule has 3 N–H and O–H groups in total. The number of ether oxygens (including phenoxy) is 1. The Morgan fingerprint density at radius 1 is 1.07 bits per heavy atom. The quantitative estimate of drug-likeness (QED) is 0.211. The highest BCUT2D eigenvalue weighted by atomic mass is 32.2. The summed E-state index contributed by atoms with van der Waals surface area (Å²) < 4.78 is 34.9. The van der Waals surface area contributed by atoms with Gasteiger partial charge in [-0.3, -0.25) is 4.72 Å². The van der Waals surface area contributed by atoms with Crippen molar-refractivity contribution in [2.24, 2.45) is 0 Å². The molecule has 0 amide bonds. The molecule has 0 bridgehead atoms. The number of carbonyl (C=O) groups excluding carboxylic acids is 1. The second-order valence-corrected chi connectivity index (χ2v) is 11.3. The minimum Gasteiger partial charge on any atom is -0.512 e. The van der Waals surface area contributed by atoms with E-state index in [0.717, 1.165) is 23.0 Å². The van der Waals surface area contributed by atoms with Gasteiger partial charge in [-0.15, -0.1) is 0 Å². The second kappa shape index (κ2) is 11.5. The number of anilines is 1. The summed E-state index contributed by atoms with van der Waals surface area (Å²) in [6.45, 7) is 1.98. The Morgan fingerprint density at radius 3 is 2.33 bits per heavy atom. The molecule has 0 spiro atoms. The van der Waals surface area contributed by atoms with Crippen LogP contribution in [0.3, 0.4) is 0 Å². The van der Waals surface area contributed by atoms with Crippen LogP contribution in [0, 0.1) is 0 Å². The van der Waals surface area contributed by atoms with Crippen LogP contribution in [0.5, 0.6) is 0 Å². The van der Waals surface area contributed by atoms with Crippen molar-refractivity contribution in [3.05, 3.63) is 125 Å². The molecule has 0 fully saturated rings. The van der Waals surface area contributed by atoms with Gasteiger partial charge in [0.25, 0.3) is 10.0 Å². The van der Waals surface area contributed by atoms with Gasteiger partial charge in [0.05, 0.1) is 11.9 Å². The maximum absolute atomic E-state index is 12.7. The molecular weight excluding hydrogens is 526 g/mol. The van der Waals surface area contributed by atoms with Crippen LogP contribution in [-0.2, 0) is 25.2 Å². The van der Waals surface area contributed by atoms with Crippen molar-refractivity contribution in [1.82, 2.24) is 9.97 Å². The molecule has 40 heavy (non-hydrogen) atoms. The number of carbonyl (C=O) groups is 1. The molecule has 206 valence electrons. The van der Waals surface area contributed by atoms with Gasteiger partial charge in [0.1, 0.15) is 11.9 Å².